The molecule has 0 heterocycles. The molecule has 0 bridgehead atoms. The maximum Gasteiger partial charge on any atom is 0.221 e. The van der Waals surface area contributed by atoms with E-state index in [1.807, 2.05) is 39.0 Å². The second-order valence-electron chi connectivity index (χ2n) is 5.77. The summed E-state index contributed by atoms with van der Waals surface area (Å²) >= 11 is 0. The minimum Gasteiger partial charge on any atom is -0.497 e. The molecule has 0 aliphatic rings. The largest absolute Gasteiger partial charge is 0.497 e. The Bertz CT molecular complexity index is 573. The molecule has 7 nitrogen and oxygen atoms in total. The normalized spacial score (nSPS) is 11.2. The van der Waals surface area contributed by atoms with Crippen molar-refractivity contribution in [3.63, 3.8) is 0 Å². The van der Waals surface area contributed by atoms with Crippen LogP contribution in [0.1, 0.15) is 32.8 Å². The molecule has 0 saturated carbocycles. The van der Waals surface area contributed by atoms with Crippen LogP contribution in [0.15, 0.2) is 23.2 Å². The van der Waals surface area contributed by atoms with E-state index in [-0.39, 0.29) is 11.9 Å². The van der Waals surface area contributed by atoms with Crippen molar-refractivity contribution >= 4 is 11.9 Å². The first-order valence-electron chi connectivity index (χ1n) is 8.52. The molecular formula is C18H30N4O3. The number of hydrogen-bond acceptors (Lipinski definition) is 4. The molecule has 140 valence electrons. The topological polar surface area (TPSA) is 84.0 Å². The summed E-state index contributed by atoms with van der Waals surface area (Å²) in [5.74, 6) is 2.16. The van der Waals surface area contributed by atoms with E-state index < -0.39 is 0 Å². The van der Waals surface area contributed by atoms with Crippen LogP contribution in [0.25, 0.3) is 0 Å². The number of nitrogens with one attached hydrogen (secondary N) is 3. The molecule has 0 aliphatic carbocycles. The molecule has 0 aliphatic heterocycles. The number of benzene rings is 1. The first-order chi connectivity index (χ1) is 12.0. The average molecular weight is 350 g/mol. The molecule has 0 aromatic heterocycles. The molecule has 1 amide bonds. The van der Waals surface area contributed by atoms with Crippen LogP contribution in [0.3, 0.4) is 0 Å². The Kier molecular flexibility index (Phi) is 9.21. The van der Waals surface area contributed by atoms with Crippen molar-refractivity contribution in [1.82, 2.24) is 16.0 Å². The molecular weight excluding hydrogens is 320 g/mol. The van der Waals surface area contributed by atoms with Gasteiger partial charge in [-0.1, -0.05) is 0 Å². The lowest BCUT2D eigenvalue weighted by Crippen LogP contribution is -2.40. The summed E-state index contributed by atoms with van der Waals surface area (Å²) in [6.07, 6.45) is 0.397. The van der Waals surface area contributed by atoms with Crippen LogP contribution < -0.4 is 25.4 Å². The second-order valence-corrected chi connectivity index (χ2v) is 5.77. The molecule has 0 radical (unpaired) electrons. The summed E-state index contributed by atoms with van der Waals surface area (Å²) in [5, 5.41) is 9.20. The van der Waals surface area contributed by atoms with Gasteiger partial charge in [-0.2, -0.15) is 0 Å². The van der Waals surface area contributed by atoms with Crippen LogP contribution in [-0.2, 0) is 11.3 Å². The van der Waals surface area contributed by atoms with Gasteiger partial charge in [-0.05, 0) is 32.9 Å². The standard InChI is InChI=1S/C18H30N4O3/c1-6-19-18(20-10-9-17(23)22-13(2)3)21-12-14-7-8-15(24-4)11-16(14)25-5/h7-8,11,13H,6,9-10,12H2,1-5H3,(H,22,23)(H2,19,20,21). The van der Waals surface area contributed by atoms with Gasteiger partial charge in [0.1, 0.15) is 11.5 Å². The highest BCUT2D eigenvalue weighted by Crippen LogP contribution is 2.25. The number of ether oxygens (including phenoxy) is 2. The summed E-state index contributed by atoms with van der Waals surface area (Å²) in [7, 11) is 3.24. The van der Waals surface area contributed by atoms with Crippen LogP contribution in [0.4, 0.5) is 0 Å². The zero-order valence-corrected chi connectivity index (χ0v) is 15.8. The third-order valence-electron chi connectivity index (χ3n) is 3.34. The first-order valence-corrected chi connectivity index (χ1v) is 8.52. The van der Waals surface area contributed by atoms with Gasteiger partial charge in [0, 0.05) is 37.2 Å². The Labute approximate surface area is 150 Å². The van der Waals surface area contributed by atoms with E-state index in [2.05, 4.69) is 20.9 Å². The van der Waals surface area contributed by atoms with Gasteiger partial charge in [0.05, 0.1) is 20.8 Å². The Morgan fingerprint density at radius 2 is 1.96 bits per heavy atom. The second kappa shape index (κ2) is 11.2. The zero-order valence-electron chi connectivity index (χ0n) is 15.8. The van der Waals surface area contributed by atoms with Crippen molar-refractivity contribution in [2.24, 2.45) is 4.99 Å². The summed E-state index contributed by atoms with van der Waals surface area (Å²) < 4.78 is 10.6. The van der Waals surface area contributed by atoms with Crippen LogP contribution >= 0.6 is 0 Å². The third kappa shape index (κ3) is 7.78. The third-order valence-corrected chi connectivity index (χ3v) is 3.34. The number of aliphatic imine (C=N–C) groups is 1. The molecule has 3 N–H and O–H groups in total. The molecule has 0 saturated heterocycles. The van der Waals surface area contributed by atoms with Gasteiger partial charge in [-0.3, -0.25) is 4.79 Å². The van der Waals surface area contributed by atoms with Gasteiger partial charge in [0.25, 0.3) is 0 Å². The summed E-state index contributed by atoms with van der Waals surface area (Å²) in [5.41, 5.74) is 0.957. The summed E-state index contributed by atoms with van der Waals surface area (Å²) in [6.45, 7) is 7.60. The summed E-state index contributed by atoms with van der Waals surface area (Å²) in [6, 6.07) is 5.80. The number of methoxy groups -OCH3 is 2. The molecule has 0 atom stereocenters. The fraction of sp³-hybridized carbons (Fsp3) is 0.556. The highest BCUT2D eigenvalue weighted by atomic mass is 16.5. The monoisotopic (exact) mass is 350 g/mol. The minimum absolute atomic E-state index is 0.0233. The molecule has 1 aromatic rings. The number of guanidine groups is 1. The molecule has 1 rings (SSSR count). The predicted octanol–water partition coefficient (Wildman–Crippen LogP) is 1.67. The van der Waals surface area contributed by atoms with Gasteiger partial charge >= 0.3 is 0 Å². The van der Waals surface area contributed by atoms with E-state index in [9.17, 15) is 4.79 Å². The van der Waals surface area contributed by atoms with Crippen molar-refractivity contribution in [3.8, 4) is 11.5 Å². The molecule has 1 aromatic carbocycles. The molecule has 7 heteroatoms. The Hall–Kier alpha value is -2.44. The number of rotatable bonds is 9. The quantitative estimate of drug-likeness (QED) is 0.466. The number of hydrogen-bond donors (Lipinski definition) is 3. The maximum absolute atomic E-state index is 11.7. The fourth-order valence-electron chi connectivity index (χ4n) is 2.18. The van der Waals surface area contributed by atoms with Gasteiger partial charge in [-0.15, -0.1) is 0 Å². The smallest absolute Gasteiger partial charge is 0.221 e. The van der Waals surface area contributed by atoms with Crippen molar-refractivity contribution in [2.45, 2.75) is 39.8 Å². The first kappa shape index (κ1) is 20.6. The number of amides is 1. The highest BCUT2D eigenvalue weighted by molar-refractivity contribution is 5.81. The Morgan fingerprint density at radius 1 is 1.20 bits per heavy atom. The average Bonchev–Trinajstić information content (AvgIpc) is 2.58. The van der Waals surface area contributed by atoms with Crippen molar-refractivity contribution in [3.05, 3.63) is 23.8 Å². The SMILES string of the molecule is CCNC(=NCc1ccc(OC)cc1OC)NCCC(=O)NC(C)C. The van der Waals surface area contributed by atoms with Gasteiger partial charge in [-0.25, -0.2) is 4.99 Å². The number of nitrogens with zero attached hydrogens (tertiary/aromatic N) is 1. The van der Waals surface area contributed by atoms with Crippen LogP contribution in [0.2, 0.25) is 0 Å². The van der Waals surface area contributed by atoms with E-state index >= 15 is 0 Å². The van der Waals surface area contributed by atoms with Crippen molar-refractivity contribution < 1.29 is 14.3 Å². The lowest BCUT2D eigenvalue weighted by atomic mass is 10.2. The van der Waals surface area contributed by atoms with E-state index in [4.69, 9.17) is 9.47 Å². The van der Waals surface area contributed by atoms with E-state index in [0.717, 1.165) is 23.6 Å². The van der Waals surface area contributed by atoms with Gasteiger partial charge < -0.3 is 25.4 Å². The van der Waals surface area contributed by atoms with E-state index in [1.54, 1.807) is 14.2 Å². The van der Waals surface area contributed by atoms with Crippen molar-refractivity contribution in [1.29, 1.82) is 0 Å². The zero-order chi connectivity index (χ0) is 18.7. The van der Waals surface area contributed by atoms with Crippen LogP contribution in [0.5, 0.6) is 11.5 Å². The highest BCUT2D eigenvalue weighted by Gasteiger charge is 2.06. The Balaban J connectivity index is 2.64. The van der Waals surface area contributed by atoms with Crippen molar-refractivity contribution in [2.75, 3.05) is 27.3 Å². The maximum atomic E-state index is 11.7. The number of carbonyl (C=O) groups is 1. The number of carbonyl (C=O) groups excluding carboxylic acids is 1. The molecule has 0 unspecified atom stereocenters. The predicted molar refractivity (Wildman–Crippen MR) is 100 cm³/mol. The summed E-state index contributed by atoms with van der Waals surface area (Å²) in [4.78, 5) is 16.2. The molecule has 25 heavy (non-hydrogen) atoms. The van der Waals surface area contributed by atoms with E-state index in [1.165, 1.54) is 0 Å². The lowest BCUT2D eigenvalue weighted by molar-refractivity contribution is -0.121. The molecule has 0 fully saturated rings. The lowest BCUT2D eigenvalue weighted by Gasteiger charge is -2.13. The molecule has 0 spiro atoms. The van der Waals surface area contributed by atoms with E-state index in [0.29, 0.717) is 25.5 Å². The Morgan fingerprint density at radius 3 is 2.56 bits per heavy atom. The van der Waals surface area contributed by atoms with Gasteiger partial charge in [0.2, 0.25) is 5.91 Å². The van der Waals surface area contributed by atoms with Crippen LogP contribution in [-0.4, -0.2) is 45.2 Å². The fourth-order valence-corrected chi connectivity index (χ4v) is 2.18. The van der Waals surface area contributed by atoms with Crippen LogP contribution in [0, 0.1) is 0 Å². The van der Waals surface area contributed by atoms with Gasteiger partial charge in [0.15, 0.2) is 5.96 Å². The minimum atomic E-state index is 0.0233.